The summed E-state index contributed by atoms with van der Waals surface area (Å²) in [5.41, 5.74) is -0.991. The van der Waals surface area contributed by atoms with Gasteiger partial charge in [-0.1, -0.05) is 26.7 Å². The summed E-state index contributed by atoms with van der Waals surface area (Å²) in [6.45, 7) is 7.13. The van der Waals surface area contributed by atoms with E-state index in [0.717, 1.165) is 17.7 Å². The van der Waals surface area contributed by atoms with E-state index in [1.54, 1.807) is 7.05 Å². The van der Waals surface area contributed by atoms with E-state index >= 15 is 0 Å². The van der Waals surface area contributed by atoms with Crippen molar-refractivity contribution in [2.24, 2.45) is 20.0 Å². The molecule has 2 rings (SSSR count). The Bertz CT molecular complexity index is 748. The molecule has 1 aromatic heterocycles. The summed E-state index contributed by atoms with van der Waals surface area (Å²) >= 11 is 0. The molecule has 0 spiro atoms. The van der Waals surface area contributed by atoms with E-state index in [9.17, 15) is 14.9 Å². The molecular formula is C18H29N5O2. The quantitative estimate of drug-likeness (QED) is 0.867. The van der Waals surface area contributed by atoms with Crippen LogP contribution in [0.5, 0.6) is 0 Å². The SMILES string of the molecule is CC(C)[C@H](CNc1c(C#N)c(=O)n(C)c(=O)n1C)N1CCCCCC1. The van der Waals surface area contributed by atoms with E-state index in [1.807, 2.05) is 6.07 Å². The minimum atomic E-state index is -0.552. The summed E-state index contributed by atoms with van der Waals surface area (Å²) in [5, 5.41) is 12.6. The van der Waals surface area contributed by atoms with Gasteiger partial charge in [0.05, 0.1) is 0 Å². The molecule has 1 fully saturated rings. The number of anilines is 1. The molecule has 0 radical (unpaired) electrons. The van der Waals surface area contributed by atoms with Crippen molar-refractivity contribution in [3.05, 3.63) is 26.4 Å². The second kappa shape index (κ2) is 8.34. The van der Waals surface area contributed by atoms with Gasteiger partial charge in [-0.2, -0.15) is 5.26 Å². The summed E-state index contributed by atoms with van der Waals surface area (Å²) < 4.78 is 2.32. The lowest BCUT2D eigenvalue weighted by atomic mass is 10.0. The molecule has 7 nitrogen and oxygen atoms in total. The van der Waals surface area contributed by atoms with Gasteiger partial charge in [0.25, 0.3) is 5.56 Å². The lowest BCUT2D eigenvalue weighted by Gasteiger charge is -2.34. The summed E-state index contributed by atoms with van der Waals surface area (Å²) in [5.74, 6) is 0.746. The smallest absolute Gasteiger partial charge is 0.332 e. The summed E-state index contributed by atoms with van der Waals surface area (Å²) in [6.07, 6.45) is 4.96. The van der Waals surface area contributed by atoms with Crippen LogP contribution in [0.3, 0.4) is 0 Å². The zero-order valence-electron chi connectivity index (χ0n) is 15.7. The third-order valence-corrected chi connectivity index (χ3v) is 5.13. The van der Waals surface area contributed by atoms with E-state index in [4.69, 9.17) is 0 Å². The van der Waals surface area contributed by atoms with Gasteiger partial charge in [-0.25, -0.2) is 4.79 Å². The molecule has 0 aliphatic carbocycles. The lowest BCUT2D eigenvalue weighted by molar-refractivity contribution is 0.169. The van der Waals surface area contributed by atoms with Crippen molar-refractivity contribution in [2.45, 2.75) is 45.6 Å². The highest BCUT2D eigenvalue weighted by Crippen LogP contribution is 2.18. The molecule has 7 heteroatoms. The maximum Gasteiger partial charge on any atom is 0.332 e. The molecule has 1 N–H and O–H groups in total. The molecule has 1 aromatic rings. The van der Waals surface area contributed by atoms with Crippen molar-refractivity contribution in [2.75, 3.05) is 25.0 Å². The molecular weight excluding hydrogens is 318 g/mol. The highest BCUT2D eigenvalue weighted by atomic mass is 16.2. The van der Waals surface area contributed by atoms with Crippen LogP contribution in [0.25, 0.3) is 0 Å². The molecule has 138 valence electrons. The van der Waals surface area contributed by atoms with E-state index in [1.165, 1.54) is 37.3 Å². The Balaban J connectivity index is 2.28. The standard InChI is InChI=1S/C18H29N5O2/c1-13(2)15(23-9-7-5-6-8-10-23)12-20-16-14(11-19)17(24)22(4)18(25)21(16)3/h13,15,20H,5-10,12H2,1-4H3/t15-/m0/s1. The van der Waals surface area contributed by atoms with Crippen LogP contribution in [0.1, 0.15) is 45.1 Å². The van der Waals surface area contributed by atoms with Gasteiger partial charge in [-0.15, -0.1) is 0 Å². The Hall–Kier alpha value is -2.07. The zero-order chi connectivity index (χ0) is 18.6. The number of aromatic nitrogens is 2. The Kier molecular flexibility index (Phi) is 6.43. The second-order valence-electron chi connectivity index (χ2n) is 7.18. The van der Waals surface area contributed by atoms with Crippen LogP contribution in [0, 0.1) is 17.2 Å². The average molecular weight is 347 g/mol. The third kappa shape index (κ3) is 4.13. The van der Waals surface area contributed by atoms with Crippen molar-refractivity contribution in [3.63, 3.8) is 0 Å². The molecule has 1 saturated heterocycles. The number of hydrogen-bond donors (Lipinski definition) is 1. The molecule has 1 aliphatic rings. The number of likely N-dealkylation sites (tertiary alicyclic amines) is 1. The van der Waals surface area contributed by atoms with Crippen LogP contribution < -0.4 is 16.6 Å². The first-order chi connectivity index (χ1) is 11.9. The molecule has 0 saturated carbocycles. The topological polar surface area (TPSA) is 83.1 Å². The molecule has 1 aliphatic heterocycles. The highest BCUT2D eigenvalue weighted by molar-refractivity contribution is 5.51. The fourth-order valence-electron chi connectivity index (χ4n) is 3.57. The van der Waals surface area contributed by atoms with E-state index in [-0.39, 0.29) is 5.56 Å². The van der Waals surface area contributed by atoms with Crippen LogP contribution in [-0.2, 0) is 14.1 Å². The fraction of sp³-hybridized carbons (Fsp3) is 0.722. The Morgan fingerprint density at radius 3 is 2.20 bits per heavy atom. The summed E-state index contributed by atoms with van der Waals surface area (Å²) in [6, 6.07) is 2.24. The number of rotatable bonds is 5. The fourth-order valence-corrected chi connectivity index (χ4v) is 3.57. The second-order valence-corrected chi connectivity index (χ2v) is 7.18. The van der Waals surface area contributed by atoms with E-state index in [0.29, 0.717) is 24.3 Å². The van der Waals surface area contributed by atoms with E-state index in [2.05, 4.69) is 24.1 Å². The van der Waals surface area contributed by atoms with Gasteiger partial charge in [-0.05, 0) is 31.8 Å². The van der Waals surface area contributed by atoms with Crippen LogP contribution in [-0.4, -0.2) is 39.7 Å². The number of nitriles is 1. The van der Waals surface area contributed by atoms with Crippen LogP contribution in [0.4, 0.5) is 5.82 Å². The lowest BCUT2D eigenvalue weighted by Crippen LogP contribution is -2.45. The van der Waals surface area contributed by atoms with Crippen molar-refractivity contribution >= 4 is 5.82 Å². The maximum atomic E-state index is 12.2. The van der Waals surface area contributed by atoms with Gasteiger partial charge < -0.3 is 5.32 Å². The first-order valence-electron chi connectivity index (χ1n) is 9.06. The first-order valence-corrected chi connectivity index (χ1v) is 9.06. The third-order valence-electron chi connectivity index (χ3n) is 5.13. The van der Waals surface area contributed by atoms with Crippen LogP contribution in [0.15, 0.2) is 9.59 Å². The maximum absolute atomic E-state index is 12.2. The van der Waals surface area contributed by atoms with Gasteiger partial charge in [0.15, 0.2) is 5.56 Å². The summed E-state index contributed by atoms with van der Waals surface area (Å²) in [4.78, 5) is 26.9. The molecule has 0 amide bonds. The number of nitrogens with zero attached hydrogens (tertiary/aromatic N) is 4. The largest absolute Gasteiger partial charge is 0.369 e. The highest BCUT2D eigenvalue weighted by Gasteiger charge is 2.24. The number of nitrogens with one attached hydrogen (secondary N) is 1. The monoisotopic (exact) mass is 347 g/mol. The normalized spacial score (nSPS) is 17.1. The average Bonchev–Trinajstić information content (AvgIpc) is 2.86. The van der Waals surface area contributed by atoms with Gasteiger partial charge in [0.1, 0.15) is 11.9 Å². The number of hydrogen-bond acceptors (Lipinski definition) is 5. The van der Waals surface area contributed by atoms with Crippen LogP contribution in [0.2, 0.25) is 0 Å². The molecule has 0 bridgehead atoms. The van der Waals surface area contributed by atoms with Crippen LogP contribution >= 0.6 is 0 Å². The van der Waals surface area contributed by atoms with Gasteiger partial charge in [-0.3, -0.25) is 18.8 Å². The van der Waals surface area contributed by atoms with Gasteiger partial charge in [0, 0.05) is 26.7 Å². The Labute approximate surface area is 148 Å². The predicted molar refractivity (Wildman–Crippen MR) is 98.8 cm³/mol. The zero-order valence-corrected chi connectivity index (χ0v) is 15.7. The first kappa shape index (κ1) is 19.3. The van der Waals surface area contributed by atoms with Crippen molar-refractivity contribution in [3.8, 4) is 6.07 Å². The molecule has 0 unspecified atom stereocenters. The van der Waals surface area contributed by atoms with Gasteiger partial charge in [0.2, 0.25) is 0 Å². The Morgan fingerprint density at radius 1 is 1.08 bits per heavy atom. The van der Waals surface area contributed by atoms with E-state index < -0.39 is 11.2 Å². The predicted octanol–water partition coefficient (Wildman–Crippen LogP) is 1.27. The molecule has 2 heterocycles. The Morgan fingerprint density at radius 2 is 1.68 bits per heavy atom. The van der Waals surface area contributed by atoms with Gasteiger partial charge >= 0.3 is 5.69 Å². The molecule has 25 heavy (non-hydrogen) atoms. The van der Waals surface area contributed by atoms with Crippen molar-refractivity contribution < 1.29 is 0 Å². The van der Waals surface area contributed by atoms with Crippen molar-refractivity contribution in [1.82, 2.24) is 14.0 Å². The molecule has 1 atom stereocenters. The van der Waals surface area contributed by atoms with Crippen molar-refractivity contribution in [1.29, 1.82) is 5.26 Å². The summed E-state index contributed by atoms with van der Waals surface area (Å²) in [7, 11) is 2.98. The minimum Gasteiger partial charge on any atom is -0.369 e. The molecule has 0 aromatic carbocycles. The minimum absolute atomic E-state index is 0.0111.